The van der Waals surface area contributed by atoms with E-state index >= 15 is 0 Å². The van der Waals surface area contributed by atoms with Gasteiger partial charge in [0.25, 0.3) is 10.0 Å². The molecule has 0 aromatic heterocycles. The number of rotatable bonds is 3. The van der Waals surface area contributed by atoms with Crippen LogP contribution in [0.25, 0.3) is 0 Å². The van der Waals surface area contributed by atoms with Crippen molar-refractivity contribution in [2.75, 3.05) is 5.32 Å². The summed E-state index contributed by atoms with van der Waals surface area (Å²) in [7, 11) is -3.63. The van der Waals surface area contributed by atoms with Crippen LogP contribution in [0.5, 0.6) is 0 Å². The molecular weight excluding hydrogens is 362 g/mol. The van der Waals surface area contributed by atoms with Gasteiger partial charge in [-0.25, -0.2) is 8.42 Å². The molecule has 0 aliphatic carbocycles. The number of fused-ring (bicyclic) bond motifs is 1. The molecule has 130 valence electrons. The lowest BCUT2D eigenvalue weighted by atomic mass is 10.2. The summed E-state index contributed by atoms with van der Waals surface area (Å²) in [4.78, 5) is 16.7. The zero-order chi connectivity index (χ0) is 18.2. The lowest BCUT2D eigenvalue weighted by Gasteiger charge is -2.10. The smallest absolute Gasteiger partial charge is 0.263 e. The third-order valence-electron chi connectivity index (χ3n) is 3.80. The van der Waals surface area contributed by atoms with Crippen molar-refractivity contribution in [1.29, 1.82) is 0 Å². The van der Waals surface area contributed by atoms with Gasteiger partial charge in [-0.15, -0.1) is 0 Å². The molecule has 2 N–H and O–H groups in total. The van der Waals surface area contributed by atoms with Crippen molar-refractivity contribution in [1.82, 2.24) is 4.72 Å². The molecule has 1 aliphatic rings. The third-order valence-corrected chi connectivity index (χ3v) is 5.61. The van der Waals surface area contributed by atoms with E-state index in [0.717, 1.165) is 5.56 Å². The number of nitrogens with zero attached hydrogens (tertiary/aromatic N) is 1. The largest absolute Gasteiger partial charge is 0.324 e. The Balaban J connectivity index is 1.82. The number of aryl methyl sites for hydroxylation is 1. The van der Waals surface area contributed by atoms with Crippen molar-refractivity contribution >= 4 is 39.1 Å². The van der Waals surface area contributed by atoms with Crippen LogP contribution in [0.2, 0.25) is 5.02 Å². The highest BCUT2D eigenvalue weighted by molar-refractivity contribution is 7.90. The van der Waals surface area contributed by atoms with Gasteiger partial charge in [-0.05, 0) is 43.7 Å². The monoisotopic (exact) mass is 377 g/mol. The minimum atomic E-state index is -3.63. The van der Waals surface area contributed by atoms with Crippen LogP contribution in [-0.2, 0) is 14.8 Å². The Morgan fingerprint density at radius 3 is 2.68 bits per heavy atom. The second-order valence-electron chi connectivity index (χ2n) is 5.71. The first-order valence-electron chi connectivity index (χ1n) is 7.55. The highest BCUT2D eigenvalue weighted by atomic mass is 35.5. The van der Waals surface area contributed by atoms with Crippen molar-refractivity contribution in [2.24, 2.45) is 4.99 Å². The first-order chi connectivity index (χ1) is 11.8. The molecule has 6 nitrogen and oxygen atoms in total. The molecule has 3 rings (SSSR count). The van der Waals surface area contributed by atoms with Crippen molar-refractivity contribution in [3.63, 3.8) is 0 Å². The molecule has 0 bridgehead atoms. The quantitative estimate of drug-likeness (QED) is 0.862. The van der Waals surface area contributed by atoms with E-state index in [1.807, 2.05) is 6.92 Å². The number of hydrogen-bond donors (Lipinski definition) is 2. The fourth-order valence-corrected chi connectivity index (χ4v) is 3.82. The molecule has 1 heterocycles. The van der Waals surface area contributed by atoms with E-state index in [1.54, 1.807) is 43.3 Å². The zero-order valence-electron chi connectivity index (χ0n) is 13.6. The van der Waals surface area contributed by atoms with Gasteiger partial charge in [-0.2, -0.15) is 0 Å². The van der Waals surface area contributed by atoms with E-state index in [1.165, 1.54) is 6.07 Å². The van der Waals surface area contributed by atoms with Crippen molar-refractivity contribution in [2.45, 2.75) is 24.8 Å². The van der Waals surface area contributed by atoms with Gasteiger partial charge in [-0.3, -0.25) is 14.5 Å². The Bertz CT molecular complexity index is 986. The normalized spacial score (nSPS) is 17.6. The summed E-state index contributed by atoms with van der Waals surface area (Å²) in [5.41, 5.74) is 1.92. The molecule has 1 amide bonds. The maximum atomic E-state index is 12.3. The summed E-state index contributed by atoms with van der Waals surface area (Å²) < 4.78 is 26.5. The van der Waals surface area contributed by atoms with E-state index in [4.69, 9.17) is 11.6 Å². The molecule has 1 aliphatic heterocycles. The van der Waals surface area contributed by atoms with Crippen molar-refractivity contribution in [3.05, 3.63) is 58.6 Å². The number of sulfonamides is 1. The lowest BCUT2D eigenvalue weighted by Crippen LogP contribution is -2.28. The predicted octanol–water partition coefficient (Wildman–Crippen LogP) is 2.71. The van der Waals surface area contributed by atoms with E-state index in [9.17, 15) is 13.2 Å². The van der Waals surface area contributed by atoms with E-state index < -0.39 is 16.1 Å². The predicted molar refractivity (Wildman–Crippen MR) is 97.6 cm³/mol. The number of carbonyl (C=O) groups excluding carboxylic acids is 1. The zero-order valence-corrected chi connectivity index (χ0v) is 15.1. The molecule has 25 heavy (non-hydrogen) atoms. The molecular formula is C17H16ClN3O3S. The number of anilines is 1. The molecule has 0 radical (unpaired) electrons. The van der Waals surface area contributed by atoms with Gasteiger partial charge >= 0.3 is 0 Å². The molecule has 0 fully saturated rings. The number of hydrogen-bond acceptors (Lipinski definition) is 4. The molecule has 2 aromatic rings. The van der Waals surface area contributed by atoms with E-state index in [-0.39, 0.29) is 16.6 Å². The van der Waals surface area contributed by atoms with Gasteiger partial charge in [-0.1, -0.05) is 29.8 Å². The third kappa shape index (κ3) is 3.52. The highest BCUT2D eigenvalue weighted by Crippen LogP contribution is 2.23. The average molecular weight is 378 g/mol. The first kappa shape index (κ1) is 17.4. The Morgan fingerprint density at radius 2 is 1.96 bits per heavy atom. The molecule has 8 heteroatoms. The minimum absolute atomic E-state index is 0.159. The van der Waals surface area contributed by atoms with Crippen LogP contribution < -0.4 is 10.0 Å². The van der Waals surface area contributed by atoms with Crippen LogP contribution in [0.4, 0.5) is 5.69 Å². The average Bonchev–Trinajstić information content (AvgIpc) is 2.82. The van der Waals surface area contributed by atoms with Gasteiger partial charge in [0.1, 0.15) is 11.9 Å². The second kappa shape index (κ2) is 6.50. The fourth-order valence-electron chi connectivity index (χ4n) is 2.40. The SMILES string of the molecule is Cc1ccc(NC(=O)[C@H](C)N=C2NS(=O)(=O)c3ccccc32)cc1Cl. The summed E-state index contributed by atoms with van der Waals surface area (Å²) in [6.45, 7) is 3.46. The van der Waals surface area contributed by atoms with E-state index in [0.29, 0.717) is 16.3 Å². The minimum Gasteiger partial charge on any atom is -0.324 e. The Labute approximate surface area is 151 Å². The molecule has 2 aromatic carbocycles. The van der Waals surface area contributed by atoms with Crippen LogP contribution in [0, 0.1) is 6.92 Å². The fraction of sp³-hybridized carbons (Fsp3) is 0.176. The summed E-state index contributed by atoms with van der Waals surface area (Å²) >= 11 is 6.05. The van der Waals surface area contributed by atoms with Gasteiger partial charge in [0, 0.05) is 16.3 Å². The van der Waals surface area contributed by atoms with Crippen LogP contribution >= 0.6 is 11.6 Å². The molecule has 0 saturated carbocycles. The van der Waals surface area contributed by atoms with Crippen molar-refractivity contribution in [3.8, 4) is 0 Å². The summed E-state index contributed by atoms with van der Waals surface area (Å²) in [5.74, 6) is -0.198. The number of halogens is 1. The van der Waals surface area contributed by atoms with Gasteiger partial charge in [0.05, 0.1) is 4.90 Å². The van der Waals surface area contributed by atoms with Gasteiger partial charge in [0.15, 0.2) is 0 Å². The molecule has 0 spiro atoms. The van der Waals surface area contributed by atoms with E-state index in [2.05, 4.69) is 15.0 Å². The van der Waals surface area contributed by atoms with Crippen LogP contribution in [0.1, 0.15) is 18.1 Å². The first-order valence-corrected chi connectivity index (χ1v) is 9.41. The number of carbonyl (C=O) groups is 1. The molecule has 0 unspecified atom stereocenters. The number of amidine groups is 1. The van der Waals surface area contributed by atoms with Crippen molar-refractivity contribution < 1.29 is 13.2 Å². The maximum Gasteiger partial charge on any atom is 0.263 e. The highest BCUT2D eigenvalue weighted by Gasteiger charge is 2.31. The topological polar surface area (TPSA) is 87.6 Å². The summed E-state index contributed by atoms with van der Waals surface area (Å²) in [6.07, 6.45) is 0. The second-order valence-corrected chi connectivity index (χ2v) is 7.77. The van der Waals surface area contributed by atoms with Crippen LogP contribution in [-0.4, -0.2) is 26.2 Å². The van der Waals surface area contributed by atoms with Gasteiger partial charge in [0.2, 0.25) is 5.91 Å². The Kier molecular flexibility index (Phi) is 4.53. The van der Waals surface area contributed by atoms with Gasteiger partial charge < -0.3 is 5.32 Å². The number of benzene rings is 2. The maximum absolute atomic E-state index is 12.3. The van der Waals surface area contributed by atoms with Crippen LogP contribution in [0.3, 0.4) is 0 Å². The molecule has 0 saturated heterocycles. The standard InChI is InChI=1S/C17H16ClN3O3S/c1-10-7-8-12(9-14(10)18)20-17(22)11(2)19-16-13-5-3-4-6-15(13)25(23,24)21-16/h3-9,11H,1-2H3,(H,19,21)(H,20,22)/t11-/m0/s1. The number of nitrogens with one attached hydrogen (secondary N) is 2. The Morgan fingerprint density at radius 1 is 1.24 bits per heavy atom. The Hall–Kier alpha value is -2.38. The lowest BCUT2D eigenvalue weighted by molar-refractivity contribution is -0.117. The summed E-state index contributed by atoms with van der Waals surface area (Å²) in [5, 5.41) is 3.27. The number of amides is 1. The van der Waals surface area contributed by atoms with Crippen LogP contribution in [0.15, 0.2) is 52.4 Å². The number of aliphatic imine (C=N–C) groups is 1. The molecule has 1 atom stereocenters. The summed E-state index contributed by atoms with van der Waals surface area (Å²) in [6, 6.07) is 10.9.